The molecule has 0 radical (unpaired) electrons. The molecular formula is C84H98BN3O. The second kappa shape index (κ2) is 18.2. The average Bonchev–Trinajstić information content (AvgIpc) is 1.67. The van der Waals surface area contributed by atoms with Crippen molar-refractivity contribution in [2.45, 2.75) is 256 Å². The first kappa shape index (κ1) is 57.7. The number of hydrogen-bond acceptors (Lipinski definition) is 4. The van der Waals surface area contributed by atoms with Crippen LogP contribution in [0.2, 0.25) is 0 Å². The van der Waals surface area contributed by atoms with Gasteiger partial charge < -0.3 is 19.1 Å². The van der Waals surface area contributed by atoms with E-state index < -0.39 is 0 Å². The van der Waals surface area contributed by atoms with Crippen LogP contribution in [0.5, 0.6) is 0 Å². The summed E-state index contributed by atoms with van der Waals surface area (Å²) in [5, 5.41) is 1.23. The standard InChI is InChI=1S/C84H98BN3O/c1-75(2)34-36-77(5,6)59-43-53(27-29-57(59)75)86-68-49-63-62(80(11,12)39-40-81(63,13)14)48-66(68)85-72-69(86)45-55(88-67-31-26-52(51-24-20-19-21-25-51)42-65(67)83(17)32-22-23-33-84(83,88)18)46-70(72)87(54-28-30-58-60(44-54)78(7,8)37-35-76(58,3)4)73-56-47-61-64(50-71(56)89-74(73)85)82(15,16)41-38-79(61,9)10/h19-21,24-31,42-50H,22-23,32-41H2,1-18H3. The molecular weight excluding hydrogens is 1080 g/mol. The third-order valence-electron chi connectivity index (χ3n) is 26.2. The summed E-state index contributed by atoms with van der Waals surface area (Å²) in [5.74, 6) is 0. The van der Waals surface area contributed by atoms with E-state index in [0.717, 1.165) is 62.6 Å². The fraction of sp³-hybridized carbons (Fsp3) is 0.476. The molecule has 8 aliphatic rings. The second-order valence-electron chi connectivity index (χ2n) is 35.4. The van der Waals surface area contributed by atoms with Gasteiger partial charge in [0.15, 0.2) is 0 Å². The van der Waals surface area contributed by atoms with Gasteiger partial charge in [0.25, 0.3) is 6.71 Å². The number of hydrogen-bond donors (Lipinski definition) is 0. The average molecular weight is 1180 g/mol. The predicted octanol–water partition coefficient (Wildman–Crippen LogP) is 21.3. The van der Waals surface area contributed by atoms with E-state index >= 15 is 0 Å². The van der Waals surface area contributed by atoms with Crippen molar-refractivity contribution in [2.24, 2.45) is 0 Å². The van der Waals surface area contributed by atoms with E-state index in [0.29, 0.717) is 0 Å². The molecule has 89 heavy (non-hydrogen) atoms. The number of furan rings is 1. The third-order valence-corrected chi connectivity index (χ3v) is 26.2. The molecule has 2 atom stereocenters. The van der Waals surface area contributed by atoms with Gasteiger partial charge in [-0.25, -0.2) is 0 Å². The molecule has 0 amide bonds. The Morgan fingerprint density at radius 3 is 1.38 bits per heavy atom. The van der Waals surface area contributed by atoms with Gasteiger partial charge in [-0.05, 0) is 253 Å². The molecule has 7 aromatic carbocycles. The molecule has 4 nitrogen and oxygen atoms in total. The van der Waals surface area contributed by atoms with Crippen molar-refractivity contribution >= 4 is 79.8 Å². The molecule has 0 saturated heterocycles. The Labute approximate surface area is 534 Å². The summed E-state index contributed by atoms with van der Waals surface area (Å²) in [7, 11) is 0. The van der Waals surface area contributed by atoms with E-state index in [-0.39, 0.29) is 61.0 Å². The van der Waals surface area contributed by atoms with Crippen molar-refractivity contribution in [3.63, 3.8) is 0 Å². The van der Waals surface area contributed by atoms with Crippen LogP contribution in [0.4, 0.5) is 45.5 Å². The summed E-state index contributed by atoms with van der Waals surface area (Å²) in [5.41, 5.74) is 30.7. The maximum absolute atomic E-state index is 8.02. The highest BCUT2D eigenvalue weighted by Gasteiger charge is 2.59. The summed E-state index contributed by atoms with van der Waals surface area (Å²) in [4.78, 5) is 8.43. The van der Waals surface area contributed by atoms with Crippen LogP contribution in [-0.4, -0.2) is 12.3 Å². The van der Waals surface area contributed by atoms with Crippen molar-refractivity contribution in [3.8, 4) is 11.1 Å². The van der Waals surface area contributed by atoms with E-state index in [4.69, 9.17) is 4.42 Å². The largest absolute Gasteiger partial charge is 0.468 e. The number of anilines is 8. The minimum atomic E-state index is -0.206. The Hall–Kier alpha value is -6.46. The molecule has 4 heterocycles. The van der Waals surface area contributed by atoms with Gasteiger partial charge in [-0.2, -0.15) is 0 Å². The molecule has 5 heteroatoms. The van der Waals surface area contributed by atoms with Gasteiger partial charge >= 0.3 is 0 Å². The van der Waals surface area contributed by atoms with E-state index in [1.54, 1.807) is 0 Å². The molecule has 1 fully saturated rings. The Morgan fingerprint density at radius 2 is 0.820 bits per heavy atom. The highest BCUT2D eigenvalue weighted by atomic mass is 16.3. The van der Waals surface area contributed by atoms with Crippen LogP contribution in [0, 0.1) is 0 Å². The SMILES string of the molecule is CC1(C)CCC(C)(C)c2cc(N3c4cc5c(cc4B4c6oc7cc8c(cc7c6N(c6ccc7c(c6)C(C)(C)CCC7(C)C)c6cc(N7c9ccc(-c%10ccccc%10)cc9C9(C)CCCCC79C)cc3c64)C(C)(C)CCC8(C)C)C(C)(C)CCC5(C)C)ccc21. The van der Waals surface area contributed by atoms with Crippen molar-refractivity contribution in [3.05, 3.63) is 171 Å². The monoisotopic (exact) mass is 1180 g/mol. The Kier molecular flexibility index (Phi) is 11.8. The summed E-state index contributed by atoms with van der Waals surface area (Å²) >= 11 is 0. The molecule has 16 rings (SSSR count). The second-order valence-corrected chi connectivity index (χ2v) is 35.4. The highest BCUT2D eigenvalue weighted by molar-refractivity contribution is 7.00. The Bertz CT molecular complexity index is 4350. The number of rotatable bonds is 4. The fourth-order valence-corrected chi connectivity index (χ4v) is 19.6. The smallest absolute Gasteiger partial charge is 0.297 e. The molecule has 0 N–H and O–H groups in total. The van der Waals surface area contributed by atoms with Crippen molar-refractivity contribution < 1.29 is 4.42 Å². The Morgan fingerprint density at radius 1 is 0.348 bits per heavy atom. The van der Waals surface area contributed by atoms with Crippen LogP contribution in [0.15, 0.2) is 126 Å². The van der Waals surface area contributed by atoms with E-state index in [1.807, 2.05) is 0 Å². The first-order chi connectivity index (χ1) is 41.8. The van der Waals surface area contributed by atoms with Gasteiger partial charge in [-0.3, -0.25) is 0 Å². The summed E-state index contributed by atoms with van der Waals surface area (Å²) in [6.45, 7) is 45.0. The normalized spacial score (nSPS) is 25.1. The van der Waals surface area contributed by atoms with Gasteiger partial charge in [-0.15, -0.1) is 0 Å². The zero-order valence-electron chi connectivity index (χ0n) is 57.4. The first-order valence-electron chi connectivity index (χ1n) is 34.7. The molecule has 8 aromatic rings. The van der Waals surface area contributed by atoms with Crippen molar-refractivity contribution in [2.75, 3.05) is 14.7 Å². The van der Waals surface area contributed by atoms with E-state index in [9.17, 15) is 0 Å². The molecule has 458 valence electrons. The maximum atomic E-state index is 8.02. The molecule has 5 aliphatic carbocycles. The predicted molar refractivity (Wildman–Crippen MR) is 380 cm³/mol. The van der Waals surface area contributed by atoms with Crippen molar-refractivity contribution in [1.82, 2.24) is 0 Å². The lowest BCUT2D eigenvalue weighted by molar-refractivity contribution is 0.195. The minimum absolute atomic E-state index is 0.00146. The Balaban J connectivity index is 1.07. The first-order valence-corrected chi connectivity index (χ1v) is 34.7. The quantitative estimate of drug-likeness (QED) is 0.164. The van der Waals surface area contributed by atoms with E-state index in [2.05, 4.69) is 261 Å². The van der Waals surface area contributed by atoms with Crippen LogP contribution < -0.4 is 31.3 Å². The van der Waals surface area contributed by atoms with Crippen LogP contribution in [0.25, 0.3) is 22.1 Å². The number of benzene rings is 7. The molecule has 1 aromatic heterocycles. The van der Waals surface area contributed by atoms with Crippen molar-refractivity contribution in [1.29, 1.82) is 0 Å². The van der Waals surface area contributed by atoms with Gasteiger partial charge in [0.2, 0.25) is 0 Å². The van der Waals surface area contributed by atoms with Gasteiger partial charge in [-0.1, -0.05) is 185 Å². The van der Waals surface area contributed by atoms with Crippen LogP contribution in [0.3, 0.4) is 0 Å². The van der Waals surface area contributed by atoms with Crippen LogP contribution in [0.1, 0.15) is 252 Å². The van der Waals surface area contributed by atoms with Gasteiger partial charge in [0, 0.05) is 50.6 Å². The molecule has 1 saturated carbocycles. The molecule has 0 spiro atoms. The molecule has 3 aliphatic heterocycles. The molecule has 2 unspecified atom stereocenters. The third kappa shape index (κ3) is 7.96. The maximum Gasteiger partial charge on any atom is 0.297 e. The minimum Gasteiger partial charge on any atom is -0.468 e. The summed E-state index contributed by atoms with van der Waals surface area (Å²) in [6.07, 6.45) is 13.9. The fourth-order valence-electron chi connectivity index (χ4n) is 19.6. The zero-order chi connectivity index (χ0) is 62.5. The van der Waals surface area contributed by atoms with Gasteiger partial charge in [0.1, 0.15) is 5.58 Å². The lowest BCUT2D eigenvalue weighted by Gasteiger charge is -2.51. The molecule has 0 bridgehead atoms. The summed E-state index contributed by atoms with van der Waals surface area (Å²) in [6, 6.07) is 50.0. The number of nitrogens with zero attached hydrogens (tertiary/aromatic N) is 3. The lowest BCUT2D eigenvalue weighted by atomic mass is 9.35. The number of fused-ring (bicyclic) bond motifs is 13. The lowest BCUT2D eigenvalue weighted by Crippen LogP contribution is -2.61. The summed E-state index contributed by atoms with van der Waals surface area (Å²) < 4.78 is 8.02. The topological polar surface area (TPSA) is 22.9 Å². The van der Waals surface area contributed by atoms with E-state index in [1.165, 1.54) is 149 Å². The van der Waals surface area contributed by atoms with Gasteiger partial charge in [0.05, 0.1) is 16.9 Å². The van der Waals surface area contributed by atoms with Crippen LogP contribution in [-0.2, 0) is 48.7 Å². The highest BCUT2D eigenvalue weighted by Crippen LogP contribution is 2.64. The zero-order valence-corrected chi connectivity index (χ0v) is 57.4. The van der Waals surface area contributed by atoms with Crippen LogP contribution >= 0.6 is 0 Å².